The molecule has 0 spiro atoms. The minimum absolute atomic E-state index is 0.0148. The van der Waals surface area contributed by atoms with E-state index in [9.17, 15) is 24.0 Å². The lowest BCUT2D eigenvalue weighted by atomic mass is 10.1. The number of esters is 3. The fraction of sp³-hybridized carbons (Fsp3) is 0.286. The van der Waals surface area contributed by atoms with Crippen molar-refractivity contribution >= 4 is 45.9 Å². The fourth-order valence-corrected chi connectivity index (χ4v) is 3.73. The third-order valence-corrected chi connectivity index (χ3v) is 5.36. The first-order valence-corrected chi connectivity index (χ1v) is 9.93. The number of amides is 1. The monoisotopic (exact) mass is 447 g/mol. The Kier molecular flexibility index (Phi) is 8.44. The summed E-state index contributed by atoms with van der Waals surface area (Å²) in [5.41, 5.74) is 0.800. The minimum atomic E-state index is -0.740. The van der Waals surface area contributed by atoms with Crippen LogP contribution in [0.25, 0.3) is 0 Å². The molecule has 9 nitrogen and oxygen atoms in total. The predicted octanol–water partition coefficient (Wildman–Crippen LogP) is 2.77. The molecule has 1 aromatic carbocycles. The van der Waals surface area contributed by atoms with E-state index in [0.29, 0.717) is 11.1 Å². The highest BCUT2D eigenvalue weighted by Gasteiger charge is 2.27. The van der Waals surface area contributed by atoms with Crippen molar-refractivity contribution in [1.29, 1.82) is 0 Å². The molecule has 0 aliphatic heterocycles. The Morgan fingerprint density at radius 3 is 2.19 bits per heavy atom. The van der Waals surface area contributed by atoms with E-state index in [4.69, 9.17) is 9.47 Å². The van der Waals surface area contributed by atoms with E-state index in [1.807, 2.05) is 0 Å². The summed E-state index contributed by atoms with van der Waals surface area (Å²) in [7, 11) is 2.36. The molecule has 2 aromatic rings. The zero-order chi connectivity index (χ0) is 23.0. The maximum Gasteiger partial charge on any atom is 0.348 e. The van der Waals surface area contributed by atoms with E-state index in [1.54, 1.807) is 30.3 Å². The van der Waals surface area contributed by atoms with E-state index < -0.39 is 30.4 Å². The van der Waals surface area contributed by atoms with E-state index >= 15 is 0 Å². The summed E-state index contributed by atoms with van der Waals surface area (Å²) in [4.78, 5) is 60.1. The zero-order valence-corrected chi connectivity index (χ0v) is 18.0. The molecule has 2 rings (SSSR count). The average molecular weight is 447 g/mol. The van der Waals surface area contributed by atoms with Gasteiger partial charge < -0.3 is 19.5 Å². The van der Waals surface area contributed by atoms with Gasteiger partial charge in [-0.25, -0.2) is 9.59 Å². The molecule has 0 bridgehead atoms. The number of carbonyl (C=O) groups excluding carboxylic acids is 5. The van der Waals surface area contributed by atoms with E-state index in [0.717, 1.165) is 11.3 Å². The van der Waals surface area contributed by atoms with E-state index in [-0.39, 0.29) is 34.1 Å². The summed E-state index contributed by atoms with van der Waals surface area (Å²) in [5, 5.41) is 2.51. The highest BCUT2D eigenvalue weighted by atomic mass is 32.1. The Morgan fingerprint density at radius 2 is 1.58 bits per heavy atom. The van der Waals surface area contributed by atoms with Crippen molar-refractivity contribution in [2.24, 2.45) is 0 Å². The Labute approximate surface area is 182 Å². The summed E-state index contributed by atoms with van der Waals surface area (Å²) in [6, 6.07) is 8.50. The maximum absolute atomic E-state index is 12.2. The van der Waals surface area contributed by atoms with Gasteiger partial charge >= 0.3 is 17.9 Å². The highest BCUT2D eigenvalue weighted by Crippen LogP contribution is 2.34. The molecule has 0 atom stereocenters. The van der Waals surface area contributed by atoms with Crippen molar-refractivity contribution in [3.05, 3.63) is 51.9 Å². The number of ether oxygens (including phenoxy) is 3. The smallest absolute Gasteiger partial charge is 0.348 e. The molecule has 164 valence electrons. The van der Waals surface area contributed by atoms with Gasteiger partial charge in [0.1, 0.15) is 9.88 Å². The quantitative estimate of drug-likeness (QED) is 0.353. The summed E-state index contributed by atoms with van der Waals surface area (Å²) in [6.45, 7) is 0.901. The summed E-state index contributed by atoms with van der Waals surface area (Å²) in [5.74, 6) is -3.05. The Balaban J connectivity index is 1.94. The van der Waals surface area contributed by atoms with E-state index in [1.165, 1.54) is 21.1 Å². The van der Waals surface area contributed by atoms with Crippen LogP contribution >= 0.6 is 11.3 Å². The molecule has 1 amide bonds. The van der Waals surface area contributed by atoms with Crippen molar-refractivity contribution in [3.63, 3.8) is 0 Å². The number of rotatable bonds is 9. The molecular formula is C21H21NO8S. The number of methoxy groups -OCH3 is 2. The number of anilines is 1. The Bertz CT molecular complexity index is 996. The first-order chi connectivity index (χ1) is 14.8. The van der Waals surface area contributed by atoms with Gasteiger partial charge in [0.15, 0.2) is 12.4 Å². The van der Waals surface area contributed by atoms with Crippen LogP contribution < -0.4 is 5.32 Å². The largest absolute Gasteiger partial charge is 0.465 e. The lowest BCUT2D eigenvalue weighted by Crippen LogP contribution is -2.21. The van der Waals surface area contributed by atoms with Crippen LogP contribution in [0.4, 0.5) is 5.00 Å². The number of Topliss-reactive ketones (excluding diaryl/α,β-unsaturated/α-hetero) is 1. The van der Waals surface area contributed by atoms with Crippen LogP contribution in [0.15, 0.2) is 30.3 Å². The fourth-order valence-electron chi connectivity index (χ4n) is 2.60. The van der Waals surface area contributed by atoms with Crippen LogP contribution in [0.5, 0.6) is 0 Å². The molecular weight excluding hydrogens is 426 g/mol. The number of nitrogens with one attached hydrogen (secondary N) is 1. The van der Waals surface area contributed by atoms with Crippen LogP contribution in [0.3, 0.4) is 0 Å². The number of ketones is 1. The number of carbonyl (C=O) groups is 5. The van der Waals surface area contributed by atoms with Gasteiger partial charge in [-0.1, -0.05) is 30.3 Å². The molecule has 0 radical (unpaired) electrons. The number of thiophene rings is 1. The van der Waals surface area contributed by atoms with Gasteiger partial charge in [0.2, 0.25) is 0 Å². The molecule has 1 aromatic heterocycles. The third-order valence-electron chi connectivity index (χ3n) is 4.18. The normalized spacial score (nSPS) is 10.2. The second-order valence-electron chi connectivity index (χ2n) is 6.24. The van der Waals surface area contributed by atoms with Gasteiger partial charge in [-0.2, -0.15) is 0 Å². The number of benzene rings is 1. The van der Waals surface area contributed by atoms with Gasteiger partial charge in [0.05, 0.1) is 26.2 Å². The molecule has 1 N–H and O–H groups in total. The van der Waals surface area contributed by atoms with Crippen molar-refractivity contribution in [2.45, 2.75) is 19.8 Å². The van der Waals surface area contributed by atoms with Crippen molar-refractivity contribution in [3.8, 4) is 0 Å². The zero-order valence-electron chi connectivity index (χ0n) is 17.2. The molecule has 0 unspecified atom stereocenters. The van der Waals surface area contributed by atoms with Gasteiger partial charge in [0, 0.05) is 12.0 Å². The number of hydrogen-bond acceptors (Lipinski definition) is 9. The van der Waals surface area contributed by atoms with Crippen molar-refractivity contribution < 1.29 is 38.2 Å². The van der Waals surface area contributed by atoms with Crippen LogP contribution in [0.2, 0.25) is 0 Å². The second-order valence-corrected chi connectivity index (χ2v) is 7.26. The third kappa shape index (κ3) is 6.22. The maximum atomic E-state index is 12.2. The molecule has 31 heavy (non-hydrogen) atoms. The predicted molar refractivity (Wildman–Crippen MR) is 111 cm³/mol. The molecule has 0 aliphatic carbocycles. The topological polar surface area (TPSA) is 125 Å². The molecule has 0 saturated carbocycles. The molecule has 0 saturated heterocycles. The summed E-state index contributed by atoms with van der Waals surface area (Å²) in [6.07, 6.45) is -0.234. The standard InChI is InChI=1S/C21H21NO8S/c1-12-17(20(26)28-2)19(31-18(12)21(27)29-3)22-15(24)11-30-16(25)10-9-14(23)13-7-5-4-6-8-13/h4-8H,9-11H2,1-3H3,(H,22,24). The molecule has 1 heterocycles. The molecule has 10 heteroatoms. The van der Waals surface area contributed by atoms with Gasteiger partial charge in [0.25, 0.3) is 5.91 Å². The Morgan fingerprint density at radius 1 is 0.935 bits per heavy atom. The Hall–Kier alpha value is -3.53. The van der Waals surface area contributed by atoms with Crippen molar-refractivity contribution in [2.75, 3.05) is 26.1 Å². The minimum Gasteiger partial charge on any atom is -0.465 e. The summed E-state index contributed by atoms with van der Waals surface area (Å²) < 4.78 is 14.3. The van der Waals surface area contributed by atoms with Gasteiger partial charge in [-0.15, -0.1) is 11.3 Å². The first-order valence-electron chi connectivity index (χ1n) is 9.12. The van der Waals surface area contributed by atoms with Gasteiger partial charge in [-0.3, -0.25) is 14.4 Å². The molecule has 0 aliphatic rings. The van der Waals surface area contributed by atoms with Crippen molar-refractivity contribution in [1.82, 2.24) is 0 Å². The van der Waals surface area contributed by atoms with E-state index in [2.05, 4.69) is 10.1 Å². The lowest BCUT2D eigenvalue weighted by molar-refractivity contribution is -0.147. The van der Waals surface area contributed by atoms with Crippen LogP contribution in [-0.4, -0.2) is 50.4 Å². The number of hydrogen-bond donors (Lipinski definition) is 1. The second kappa shape index (κ2) is 11.0. The van der Waals surface area contributed by atoms with Crippen LogP contribution in [-0.2, 0) is 23.8 Å². The lowest BCUT2D eigenvalue weighted by Gasteiger charge is -2.07. The molecule has 0 fully saturated rings. The van der Waals surface area contributed by atoms with Gasteiger partial charge in [-0.05, 0) is 12.5 Å². The van der Waals surface area contributed by atoms with Crippen LogP contribution in [0.1, 0.15) is 48.8 Å². The average Bonchev–Trinajstić information content (AvgIpc) is 3.10. The van der Waals surface area contributed by atoms with Crippen LogP contribution in [0, 0.1) is 6.92 Å². The SMILES string of the molecule is COC(=O)c1sc(NC(=O)COC(=O)CCC(=O)c2ccccc2)c(C(=O)OC)c1C. The first kappa shape index (κ1) is 23.7. The summed E-state index contributed by atoms with van der Waals surface area (Å²) >= 11 is 0.844. The highest BCUT2D eigenvalue weighted by molar-refractivity contribution is 7.18.